The number of benzene rings is 2. The van der Waals surface area contributed by atoms with Gasteiger partial charge in [0, 0.05) is 43.9 Å². The van der Waals surface area contributed by atoms with Gasteiger partial charge in [-0.3, -0.25) is 9.59 Å². The molecule has 4 aliphatic rings. The van der Waals surface area contributed by atoms with Crippen molar-refractivity contribution < 1.29 is 19.1 Å². The number of methoxy groups -OCH3 is 1. The highest BCUT2D eigenvalue weighted by Crippen LogP contribution is 2.47. The normalized spacial score (nSPS) is 27.9. The average Bonchev–Trinajstić information content (AvgIpc) is 3.39. The molecule has 3 aliphatic heterocycles. The van der Waals surface area contributed by atoms with Crippen LogP contribution in [0.25, 0.3) is 0 Å². The van der Waals surface area contributed by atoms with Gasteiger partial charge in [0.25, 0.3) is 5.91 Å². The Bertz CT molecular complexity index is 1200. The number of para-hydroxylation sites is 1. The van der Waals surface area contributed by atoms with E-state index in [9.17, 15) is 9.59 Å². The summed E-state index contributed by atoms with van der Waals surface area (Å²) in [6.07, 6.45) is 4.59. The summed E-state index contributed by atoms with van der Waals surface area (Å²) in [6.45, 7) is 2.78. The molecule has 2 aromatic carbocycles. The molecule has 3 heterocycles. The molecule has 38 heavy (non-hydrogen) atoms. The molecule has 8 heteroatoms. The van der Waals surface area contributed by atoms with Crippen molar-refractivity contribution in [3.63, 3.8) is 0 Å². The lowest BCUT2D eigenvalue weighted by molar-refractivity contribution is -0.139. The quantitative estimate of drug-likeness (QED) is 0.626. The standard InChI is InChI=1S/C30H38N4O4/c1-33-15-16-38-27-17-19(11-12-26(27)33)29(35)32-24-10-6-4-8-22(24)30(36)34-14-13-21-25(18-37-2)31-23-9-5-3-7-20(23)28(21)34/h3,5,7,9,11-12,17,21-22,24-25,28,31H,4,6,8,10,13-16,18H2,1-2H3,(H,32,35)/t21-,22-,24+,25-,28-/m0/s1. The predicted molar refractivity (Wildman–Crippen MR) is 147 cm³/mol. The monoisotopic (exact) mass is 518 g/mol. The Balaban J connectivity index is 1.21. The van der Waals surface area contributed by atoms with Crippen molar-refractivity contribution in [2.24, 2.45) is 11.8 Å². The lowest BCUT2D eigenvalue weighted by Gasteiger charge is -2.41. The molecule has 8 nitrogen and oxygen atoms in total. The Labute approximate surface area is 224 Å². The van der Waals surface area contributed by atoms with Crippen LogP contribution < -0.4 is 20.3 Å². The van der Waals surface area contributed by atoms with Crippen molar-refractivity contribution in [2.45, 2.75) is 50.2 Å². The van der Waals surface area contributed by atoms with E-state index in [-0.39, 0.29) is 35.9 Å². The highest BCUT2D eigenvalue weighted by Gasteiger charge is 2.48. The van der Waals surface area contributed by atoms with E-state index in [1.165, 1.54) is 5.56 Å². The molecule has 5 atom stereocenters. The van der Waals surface area contributed by atoms with E-state index in [0.29, 0.717) is 24.7 Å². The summed E-state index contributed by atoms with van der Waals surface area (Å²) in [4.78, 5) is 31.8. The van der Waals surface area contributed by atoms with E-state index in [1.807, 2.05) is 31.3 Å². The maximum atomic E-state index is 14.2. The van der Waals surface area contributed by atoms with Crippen LogP contribution in [0.4, 0.5) is 11.4 Å². The van der Waals surface area contributed by atoms with Crippen molar-refractivity contribution in [2.75, 3.05) is 50.7 Å². The van der Waals surface area contributed by atoms with Gasteiger partial charge in [-0.2, -0.15) is 0 Å². The molecule has 1 saturated heterocycles. The van der Waals surface area contributed by atoms with Crippen molar-refractivity contribution in [1.29, 1.82) is 0 Å². The number of amides is 2. The zero-order valence-corrected chi connectivity index (χ0v) is 22.3. The number of anilines is 2. The number of hydrogen-bond donors (Lipinski definition) is 2. The van der Waals surface area contributed by atoms with Crippen LogP contribution in [0.2, 0.25) is 0 Å². The van der Waals surface area contributed by atoms with Crippen LogP contribution in [0.3, 0.4) is 0 Å². The van der Waals surface area contributed by atoms with Gasteiger partial charge in [-0.15, -0.1) is 0 Å². The van der Waals surface area contributed by atoms with Crippen molar-refractivity contribution in [1.82, 2.24) is 10.2 Å². The fourth-order valence-corrected chi connectivity index (χ4v) is 6.98. The first-order valence-electron chi connectivity index (χ1n) is 14.0. The Morgan fingerprint density at radius 3 is 2.82 bits per heavy atom. The number of carbonyl (C=O) groups excluding carboxylic acids is 2. The van der Waals surface area contributed by atoms with E-state index in [4.69, 9.17) is 9.47 Å². The minimum absolute atomic E-state index is 0.0353. The number of carbonyl (C=O) groups is 2. The molecule has 1 saturated carbocycles. The van der Waals surface area contributed by atoms with Crippen LogP contribution >= 0.6 is 0 Å². The van der Waals surface area contributed by atoms with E-state index in [1.54, 1.807) is 7.11 Å². The Morgan fingerprint density at radius 1 is 1.11 bits per heavy atom. The number of nitrogens with zero attached hydrogens (tertiary/aromatic N) is 2. The molecule has 2 N–H and O–H groups in total. The van der Waals surface area contributed by atoms with Gasteiger partial charge in [0.1, 0.15) is 12.4 Å². The van der Waals surface area contributed by atoms with Crippen molar-refractivity contribution in [3.8, 4) is 5.75 Å². The SMILES string of the molecule is COC[C@@H]1Nc2ccccc2[C@H]2[C@H]1CCN2C(=O)[C@H]1CCCC[C@H]1NC(=O)c1ccc2c(c1)OCCN2C. The summed E-state index contributed by atoms with van der Waals surface area (Å²) in [6, 6.07) is 14.0. The zero-order chi connectivity index (χ0) is 26.2. The molecule has 0 aromatic heterocycles. The second kappa shape index (κ2) is 10.5. The third-order valence-corrected chi connectivity index (χ3v) is 8.93. The van der Waals surface area contributed by atoms with Gasteiger partial charge in [-0.05, 0) is 49.1 Å². The number of nitrogens with one attached hydrogen (secondary N) is 2. The highest BCUT2D eigenvalue weighted by atomic mass is 16.5. The van der Waals surface area contributed by atoms with Crippen LogP contribution in [0.5, 0.6) is 5.75 Å². The average molecular weight is 519 g/mol. The number of rotatable bonds is 5. The summed E-state index contributed by atoms with van der Waals surface area (Å²) >= 11 is 0. The molecule has 2 aromatic rings. The zero-order valence-electron chi connectivity index (χ0n) is 22.3. The van der Waals surface area contributed by atoms with E-state index >= 15 is 0 Å². The van der Waals surface area contributed by atoms with Crippen LogP contribution in [-0.4, -0.2) is 69.3 Å². The Morgan fingerprint density at radius 2 is 1.95 bits per heavy atom. The molecule has 0 bridgehead atoms. The second-order valence-corrected chi connectivity index (χ2v) is 11.1. The summed E-state index contributed by atoms with van der Waals surface area (Å²) in [5, 5.41) is 6.89. The van der Waals surface area contributed by atoms with Gasteiger partial charge in [-0.1, -0.05) is 31.0 Å². The first-order chi connectivity index (χ1) is 18.5. The van der Waals surface area contributed by atoms with Crippen LogP contribution in [0.1, 0.15) is 54.1 Å². The molecular weight excluding hydrogens is 480 g/mol. The Hall–Kier alpha value is -3.26. The van der Waals surface area contributed by atoms with Crippen LogP contribution in [0, 0.1) is 11.8 Å². The topological polar surface area (TPSA) is 83.1 Å². The minimum atomic E-state index is -0.214. The van der Waals surface area contributed by atoms with Gasteiger partial charge in [0.15, 0.2) is 0 Å². The maximum Gasteiger partial charge on any atom is 0.251 e. The van der Waals surface area contributed by atoms with Gasteiger partial charge >= 0.3 is 0 Å². The lowest BCUT2D eigenvalue weighted by atomic mass is 9.81. The lowest BCUT2D eigenvalue weighted by Crippen LogP contribution is -2.50. The van der Waals surface area contributed by atoms with Crippen LogP contribution in [-0.2, 0) is 9.53 Å². The predicted octanol–water partition coefficient (Wildman–Crippen LogP) is 3.83. The van der Waals surface area contributed by atoms with Gasteiger partial charge in [-0.25, -0.2) is 0 Å². The molecule has 0 radical (unpaired) electrons. The molecule has 1 aliphatic carbocycles. The molecule has 0 spiro atoms. The van der Waals surface area contributed by atoms with Crippen LogP contribution in [0.15, 0.2) is 42.5 Å². The molecular formula is C30H38N4O4. The fraction of sp³-hybridized carbons (Fsp3) is 0.533. The number of likely N-dealkylation sites (N-methyl/N-ethyl adjacent to an activating group) is 1. The highest BCUT2D eigenvalue weighted by molar-refractivity contribution is 5.96. The smallest absolute Gasteiger partial charge is 0.251 e. The summed E-state index contributed by atoms with van der Waals surface area (Å²) in [7, 11) is 3.76. The van der Waals surface area contributed by atoms with E-state index in [2.05, 4.69) is 38.6 Å². The summed E-state index contributed by atoms with van der Waals surface area (Å²) in [5.74, 6) is 0.862. The van der Waals surface area contributed by atoms with Gasteiger partial charge in [0.2, 0.25) is 5.91 Å². The first-order valence-corrected chi connectivity index (χ1v) is 14.0. The number of ether oxygens (including phenoxy) is 2. The van der Waals surface area contributed by atoms with Crippen molar-refractivity contribution in [3.05, 3.63) is 53.6 Å². The first kappa shape index (κ1) is 25.0. The number of likely N-dealkylation sites (tertiary alicyclic amines) is 1. The van der Waals surface area contributed by atoms with Crippen molar-refractivity contribution >= 4 is 23.2 Å². The summed E-state index contributed by atoms with van der Waals surface area (Å²) < 4.78 is 11.3. The largest absolute Gasteiger partial charge is 0.490 e. The third-order valence-electron chi connectivity index (χ3n) is 8.93. The third kappa shape index (κ3) is 4.49. The van der Waals surface area contributed by atoms with Gasteiger partial charge < -0.3 is 29.9 Å². The molecule has 0 unspecified atom stereocenters. The minimum Gasteiger partial charge on any atom is -0.490 e. The number of hydrogen-bond acceptors (Lipinski definition) is 6. The molecule has 202 valence electrons. The van der Waals surface area contributed by atoms with E-state index < -0.39 is 0 Å². The second-order valence-electron chi connectivity index (χ2n) is 11.1. The number of fused-ring (bicyclic) bond motifs is 4. The summed E-state index contributed by atoms with van der Waals surface area (Å²) in [5.41, 5.74) is 3.85. The molecule has 6 rings (SSSR count). The Kier molecular flexibility index (Phi) is 6.91. The fourth-order valence-electron chi connectivity index (χ4n) is 6.98. The molecule has 2 fully saturated rings. The van der Waals surface area contributed by atoms with Gasteiger partial charge in [0.05, 0.1) is 36.8 Å². The molecule has 2 amide bonds. The van der Waals surface area contributed by atoms with E-state index in [0.717, 1.165) is 62.3 Å². The maximum absolute atomic E-state index is 14.2.